The third-order valence-electron chi connectivity index (χ3n) is 5.99. The lowest BCUT2D eigenvalue weighted by Crippen LogP contribution is -2.25. The number of guanidine groups is 1. The first-order valence-electron chi connectivity index (χ1n) is 9.02. The van der Waals surface area contributed by atoms with Crippen LogP contribution in [-0.2, 0) is 17.6 Å². The van der Waals surface area contributed by atoms with Crippen LogP contribution in [0.15, 0.2) is 23.2 Å². The van der Waals surface area contributed by atoms with Gasteiger partial charge < -0.3 is 15.8 Å². The minimum atomic E-state index is 0.522. The number of ether oxygens (including phenoxy) is 1. The van der Waals surface area contributed by atoms with Crippen LogP contribution in [0, 0.1) is 11.3 Å². The van der Waals surface area contributed by atoms with E-state index in [1.165, 1.54) is 49.7 Å². The van der Waals surface area contributed by atoms with Gasteiger partial charge in [0.15, 0.2) is 5.96 Å². The maximum Gasteiger partial charge on any atom is 0.193 e. The minimum absolute atomic E-state index is 0.522. The number of rotatable bonds is 3. The molecule has 0 bridgehead atoms. The highest BCUT2D eigenvalue weighted by atomic mass is 16.5. The first-order chi connectivity index (χ1) is 11.3. The van der Waals surface area contributed by atoms with Gasteiger partial charge in [0.2, 0.25) is 0 Å². The Kier molecular flexibility index (Phi) is 4.02. The lowest BCUT2D eigenvalue weighted by molar-refractivity contribution is 0.0525. The molecule has 0 radical (unpaired) electrons. The van der Waals surface area contributed by atoms with E-state index in [-0.39, 0.29) is 0 Å². The van der Waals surface area contributed by atoms with E-state index in [1.54, 1.807) is 0 Å². The zero-order valence-corrected chi connectivity index (χ0v) is 13.8. The highest BCUT2D eigenvalue weighted by Crippen LogP contribution is 2.59. The smallest absolute Gasteiger partial charge is 0.193 e. The lowest BCUT2D eigenvalue weighted by atomic mass is 9.90. The van der Waals surface area contributed by atoms with Crippen LogP contribution in [0.4, 0.5) is 5.69 Å². The monoisotopic (exact) mass is 313 g/mol. The van der Waals surface area contributed by atoms with Gasteiger partial charge in [-0.15, -0.1) is 0 Å². The number of aliphatic imine (C=N–C) groups is 1. The molecule has 0 amide bonds. The van der Waals surface area contributed by atoms with E-state index >= 15 is 0 Å². The lowest BCUT2D eigenvalue weighted by Gasteiger charge is -2.22. The van der Waals surface area contributed by atoms with Gasteiger partial charge in [0, 0.05) is 25.4 Å². The molecule has 2 fully saturated rings. The van der Waals surface area contributed by atoms with Crippen LogP contribution in [0.1, 0.15) is 43.2 Å². The summed E-state index contributed by atoms with van der Waals surface area (Å²) in [4.78, 5) is 4.62. The van der Waals surface area contributed by atoms with E-state index in [4.69, 9.17) is 10.5 Å². The number of nitrogens with two attached hydrogens (primary N) is 1. The summed E-state index contributed by atoms with van der Waals surface area (Å²) in [5.74, 6) is 1.27. The van der Waals surface area contributed by atoms with Gasteiger partial charge in [0.1, 0.15) is 0 Å². The van der Waals surface area contributed by atoms with Gasteiger partial charge in [-0.05, 0) is 73.5 Å². The summed E-state index contributed by atoms with van der Waals surface area (Å²) >= 11 is 0. The van der Waals surface area contributed by atoms with E-state index in [1.807, 2.05) is 0 Å². The van der Waals surface area contributed by atoms with Crippen LogP contribution in [0.25, 0.3) is 0 Å². The molecule has 4 nitrogen and oxygen atoms in total. The molecule has 1 unspecified atom stereocenters. The Morgan fingerprint density at radius 1 is 1.26 bits per heavy atom. The second kappa shape index (κ2) is 6.16. The van der Waals surface area contributed by atoms with Gasteiger partial charge in [-0.1, -0.05) is 12.1 Å². The summed E-state index contributed by atoms with van der Waals surface area (Å²) in [5, 5.41) is 3.35. The molecule has 1 atom stereocenters. The topological polar surface area (TPSA) is 59.6 Å². The Morgan fingerprint density at radius 2 is 2.09 bits per heavy atom. The summed E-state index contributed by atoms with van der Waals surface area (Å²) in [6.07, 6.45) is 8.61. The first kappa shape index (κ1) is 15.0. The molecule has 3 aliphatic rings. The Morgan fingerprint density at radius 3 is 2.96 bits per heavy atom. The van der Waals surface area contributed by atoms with Crippen LogP contribution < -0.4 is 11.1 Å². The summed E-state index contributed by atoms with van der Waals surface area (Å²) < 4.78 is 5.48. The fourth-order valence-electron chi connectivity index (χ4n) is 4.36. The van der Waals surface area contributed by atoms with E-state index in [9.17, 15) is 0 Å². The van der Waals surface area contributed by atoms with Crippen molar-refractivity contribution in [3.05, 3.63) is 29.3 Å². The number of nitrogens with zero attached hydrogens (tertiary/aromatic N) is 1. The molecule has 3 N–H and O–H groups in total. The van der Waals surface area contributed by atoms with Crippen molar-refractivity contribution in [2.75, 3.05) is 25.1 Å². The zero-order chi connectivity index (χ0) is 15.7. The molecule has 2 aliphatic carbocycles. The molecule has 1 saturated carbocycles. The second-order valence-electron chi connectivity index (χ2n) is 7.38. The summed E-state index contributed by atoms with van der Waals surface area (Å²) in [7, 11) is 0. The number of hydrogen-bond acceptors (Lipinski definition) is 2. The number of nitrogens with one attached hydrogen (secondary N) is 1. The average Bonchev–Trinajstić information content (AvgIpc) is 3.25. The Hall–Kier alpha value is -1.55. The molecular weight excluding hydrogens is 286 g/mol. The minimum Gasteiger partial charge on any atom is -0.381 e. The molecule has 4 heteroatoms. The quantitative estimate of drug-likeness (QED) is 0.666. The molecule has 124 valence electrons. The predicted octanol–water partition coefficient (Wildman–Crippen LogP) is 3.11. The highest BCUT2D eigenvalue weighted by Gasteiger charge is 2.53. The zero-order valence-electron chi connectivity index (χ0n) is 13.8. The predicted molar refractivity (Wildman–Crippen MR) is 93.8 cm³/mol. The van der Waals surface area contributed by atoms with Gasteiger partial charge in [0.05, 0.1) is 0 Å². The Balaban J connectivity index is 1.38. The fourth-order valence-corrected chi connectivity index (χ4v) is 4.36. The summed E-state index contributed by atoms with van der Waals surface area (Å²) in [6.45, 7) is 2.70. The number of aryl methyl sites for hydroxylation is 1. The Bertz CT molecular complexity index is 605. The van der Waals surface area contributed by atoms with E-state index < -0.39 is 0 Å². The van der Waals surface area contributed by atoms with Crippen molar-refractivity contribution >= 4 is 11.6 Å². The standard InChI is InChI=1S/C19H27N3O/c20-18(21-13-15-12-19(15)8-10-23-11-9-19)22-17-7-3-5-14-4-1-2-6-16(14)17/h3,5,7,15H,1-2,4,6,8-13H2,(H3,20,21,22). The van der Waals surface area contributed by atoms with Crippen LogP contribution >= 0.6 is 0 Å². The third-order valence-corrected chi connectivity index (χ3v) is 5.99. The highest BCUT2D eigenvalue weighted by molar-refractivity contribution is 5.93. The van der Waals surface area contributed by atoms with E-state index in [0.29, 0.717) is 17.3 Å². The van der Waals surface area contributed by atoms with Crippen molar-refractivity contribution in [2.24, 2.45) is 22.1 Å². The van der Waals surface area contributed by atoms with Crippen molar-refractivity contribution in [1.82, 2.24) is 0 Å². The SMILES string of the molecule is NC(=NCC1CC12CCOCC2)Nc1cccc2c1CCCC2. The molecule has 23 heavy (non-hydrogen) atoms. The second-order valence-corrected chi connectivity index (χ2v) is 7.38. The van der Waals surface area contributed by atoms with Gasteiger partial charge >= 0.3 is 0 Å². The van der Waals surface area contributed by atoms with Crippen LogP contribution in [0.2, 0.25) is 0 Å². The molecule has 1 aromatic carbocycles. The molecule has 1 saturated heterocycles. The molecule has 1 heterocycles. The molecular formula is C19H27N3O. The van der Waals surface area contributed by atoms with Crippen molar-refractivity contribution in [3.63, 3.8) is 0 Å². The van der Waals surface area contributed by atoms with Gasteiger partial charge in [-0.3, -0.25) is 4.99 Å². The van der Waals surface area contributed by atoms with Crippen LogP contribution in [-0.4, -0.2) is 25.7 Å². The molecule has 0 aromatic heterocycles. The van der Waals surface area contributed by atoms with Gasteiger partial charge in [0.25, 0.3) is 0 Å². The van der Waals surface area contributed by atoms with Gasteiger partial charge in [-0.2, -0.15) is 0 Å². The van der Waals surface area contributed by atoms with Gasteiger partial charge in [-0.25, -0.2) is 0 Å². The molecule has 4 rings (SSSR count). The number of fused-ring (bicyclic) bond motifs is 1. The maximum absolute atomic E-state index is 6.15. The van der Waals surface area contributed by atoms with Crippen molar-refractivity contribution in [1.29, 1.82) is 0 Å². The number of benzene rings is 1. The molecule has 1 spiro atoms. The molecule has 1 aliphatic heterocycles. The van der Waals surface area contributed by atoms with E-state index in [2.05, 4.69) is 28.5 Å². The van der Waals surface area contributed by atoms with Crippen molar-refractivity contribution < 1.29 is 4.74 Å². The Labute approximate surface area is 138 Å². The normalized spacial score (nSPS) is 25.9. The maximum atomic E-state index is 6.15. The fraction of sp³-hybridized carbons (Fsp3) is 0.632. The molecule has 1 aromatic rings. The van der Waals surface area contributed by atoms with E-state index in [0.717, 1.165) is 31.9 Å². The van der Waals surface area contributed by atoms with Crippen molar-refractivity contribution in [2.45, 2.75) is 44.9 Å². The number of hydrogen-bond donors (Lipinski definition) is 2. The first-order valence-corrected chi connectivity index (χ1v) is 9.02. The summed E-state index contributed by atoms with van der Waals surface area (Å²) in [6, 6.07) is 6.49. The van der Waals surface area contributed by atoms with Crippen LogP contribution in [0.3, 0.4) is 0 Å². The average molecular weight is 313 g/mol. The van der Waals surface area contributed by atoms with Crippen LogP contribution in [0.5, 0.6) is 0 Å². The van der Waals surface area contributed by atoms with Crippen molar-refractivity contribution in [3.8, 4) is 0 Å². The largest absolute Gasteiger partial charge is 0.381 e. The summed E-state index contributed by atoms with van der Waals surface area (Å²) in [5.41, 5.74) is 10.7. The number of anilines is 1. The third kappa shape index (κ3) is 3.09.